The molecule has 0 fully saturated rings. The van der Waals surface area contributed by atoms with Crippen molar-refractivity contribution in [1.82, 2.24) is 20.4 Å². The van der Waals surface area contributed by atoms with Gasteiger partial charge < -0.3 is 0 Å². The molecular weight excluding hydrogens is 276 g/mol. The fourth-order valence-corrected chi connectivity index (χ4v) is 1.85. The maximum atomic E-state index is 8.77. The number of nitriles is 2. The van der Waals surface area contributed by atoms with Crippen molar-refractivity contribution >= 4 is 0 Å². The highest BCUT2D eigenvalue weighted by Crippen LogP contribution is 2.17. The van der Waals surface area contributed by atoms with Gasteiger partial charge in [-0.2, -0.15) is 10.5 Å². The highest BCUT2D eigenvalue weighted by Gasteiger charge is 2.06. The second kappa shape index (κ2) is 5.78. The van der Waals surface area contributed by atoms with Gasteiger partial charge in [0.25, 0.3) is 0 Å². The maximum absolute atomic E-state index is 8.77. The Morgan fingerprint density at radius 2 is 0.864 bits per heavy atom. The number of aromatic nitrogens is 4. The van der Waals surface area contributed by atoms with E-state index >= 15 is 0 Å². The molecule has 0 aliphatic rings. The van der Waals surface area contributed by atoms with Crippen molar-refractivity contribution in [2.45, 2.75) is 0 Å². The van der Waals surface area contributed by atoms with Crippen molar-refractivity contribution in [3.05, 3.63) is 59.7 Å². The average molecular weight is 284 g/mol. The molecule has 22 heavy (non-hydrogen) atoms. The molecule has 0 aliphatic carbocycles. The molecule has 0 amide bonds. The second-order valence-corrected chi connectivity index (χ2v) is 4.43. The van der Waals surface area contributed by atoms with Crippen molar-refractivity contribution in [3.8, 4) is 34.9 Å². The smallest absolute Gasteiger partial charge is 0.192 e. The molecule has 3 aromatic rings. The van der Waals surface area contributed by atoms with Crippen LogP contribution in [0.4, 0.5) is 0 Å². The van der Waals surface area contributed by atoms with Crippen LogP contribution in [0.5, 0.6) is 0 Å². The number of benzene rings is 2. The van der Waals surface area contributed by atoms with E-state index in [0.717, 1.165) is 11.1 Å². The zero-order chi connectivity index (χ0) is 15.4. The maximum Gasteiger partial charge on any atom is 0.203 e. The molecule has 0 unspecified atom stereocenters. The van der Waals surface area contributed by atoms with Crippen LogP contribution in [0.3, 0.4) is 0 Å². The summed E-state index contributed by atoms with van der Waals surface area (Å²) in [7, 11) is 0. The van der Waals surface area contributed by atoms with Gasteiger partial charge in [-0.3, -0.25) is 0 Å². The number of hydrogen-bond donors (Lipinski definition) is 0. The van der Waals surface area contributed by atoms with Crippen LogP contribution >= 0.6 is 0 Å². The molecule has 0 saturated carbocycles. The first-order valence-electron chi connectivity index (χ1n) is 6.38. The SMILES string of the molecule is N#Cc1ccc(-c2nnc(-c3ccc(C#N)cc3)nn2)cc1. The minimum atomic E-state index is 0.391. The van der Waals surface area contributed by atoms with Crippen LogP contribution in [0.2, 0.25) is 0 Å². The number of hydrogen-bond acceptors (Lipinski definition) is 6. The largest absolute Gasteiger partial charge is 0.203 e. The van der Waals surface area contributed by atoms with Crippen LogP contribution in [0.1, 0.15) is 11.1 Å². The van der Waals surface area contributed by atoms with Crippen molar-refractivity contribution in [1.29, 1.82) is 10.5 Å². The van der Waals surface area contributed by atoms with Gasteiger partial charge in [0.05, 0.1) is 23.3 Å². The molecule has 3 rings (SSSR count). The Morgan fingerprint density at radius 3 is 1.14 bits per heavy atom. The van der Waals surface area contributed by atoms with E-state index < -0.39 is 0 Å². The van der Waals surface area contributed by atoms with Crippen molar-refractivity contribution < 1.29 is 0 Å². The summed E-state index contributed by atoms with van der Waals surface area (Å²) in [6, 6.07) is 17.8. The van der Waals surface area contributed by atoms with Crippen LogP contribution < -0.4 is 0 Å². The summed E-state index contributed by atoms with van der Waals surface area (Å²) in [5, 5.41) is 33.8. The van der Waals surface area contributed by atoms with Gasteiger partial charge in [0.2, 0.25) is 11.6 Å². The van der Waals surface area contributed by atoms with Crippen molar-refractivity contribution in [2.75, 3.05) is 0 Å². The Balaban J connectivity index is 1.88. The van der Waals surface area contributed by atoms with Gasteiger partial charge in [0, 0.05) is 11.1 Å². The highest BCUT2D eigenvalue weighted by molar-refractivity contribution is 5.58. The third-order valence-electron chi connectivity index (χ3n) is 3.02. The molecule has 1 aromatic heterocycles. The van der Waals surface area contributed by atoms with Gasteiger partial charge in [0.1, 0.15) is 0 Å². The predicted molar refractivity (Wildman–Crippen MR) is 77.9 cm³/mol. The molecule has 2 aromatic carbocycles. The van der Waals surface area contributed by atoms with Crippen LogP contribution in [0, 0.1) is 22.7 Å². The summed E-state index contributed by atoms with van der Waals surface area (Å²) in [6.07, 6.45) is 0. The summed E-state index contributed by atoms with van der Waals surface area (Å²) in [5.74, 6) is 0.781. The topological polar surface area (TPSA) is 99.1 Å². The first-order valence-corrected chi connectivity index (χ1v) is 6.38. The minimum absolute atomic E-state index is 0.391. The van der Waals surface area contributed by atoms with E-state index in [2.05, 4.69) is 32.5 Å². The van der Waals surface area contributed by atoms with Crippen LogP contribution in [0.25, 0.3) is 22.8 Å². The Kier molecular flexibility index (Phi) is 3.51. The van der Waals surface area contributed by atoms with Gasteiger partial charge in [-0.25, -0.2) is 0 Å². The Hall–Kier alpha value is -3.64. The predicted octanol–water partition coefficient (Wildman–Crippen LogP) is 2.34. The second-order valence-electron chi connectivity index (χ2n) is 4.43. The first kappa shape index (κ1) is 13.3. The summed E-state index contributed by atoms with van der Waals surface area (Å²) in [6.45, 7) is 0. The fourth-order valence-electron chi connectivity index (χ4n) is 1.85. The highest BCUT2D eigenvalue weighted by atomic mass is 15.3. The lowest BCUT2D eigenvalue weighted by Crippen LogP contribution is -1.99. The van der Waals surface area contributed by atoms with Crippen LogP contribution in [0.15, 0.2) is 48.5 Å². The third kappa shape index (κ3) is 2.62. The van der Waals surface area contributed by atoms with E-state index in [1.807, 2.05) is 0 Å². The minimum Gasteiger partial charge on any atom is -0.192 e. The molecule has 6 nitrogen and oxygen atoms in total. The molecule has 0 bridgehead atoms. The molecule has 102 valence electrons. The molecule has 0 radical (unpaired) electrons. The monoisotopic (exact) mass is 284 g/mol. The van der Waals surface area contributed by atoms with Crippen LogP contribution in [-0.4, -0.2) is 20.4 Å². The average Bonchev–Trinajstić information content (AvgIpc) is 2.62. The van der Waals surface area contributed by atoms with Gasteiger partial charge >= 0.3 is 0 Å². The van der Waals surface area contributed by atoms with E-state index in [4.69, 9.17) is 10.5 Å². The van der Waals surface area contributed by atoms with E-state index in [1.54, 1.807) is 48.5 Å². The molecule has 1 heterocycles. The molecule has 6 heteroatoms. The number of nitrogens with zero attached hydrogens (tertiary/aromatic N) is 6. The zero-order valence-electron chi connectivity index (χ0n) is 11.3. The fraction of sp³-hybridized carbons (Fsp3) is 0. The summed E-state index contributed by atoms with van der Waals surface area (Å²) >= 11 is 0. The zero-order valence-corrected chi connectivity index (χ0v) is 11.3. The molecule has 0 spiro atoms. The van der Waals surface area contributed by atoms with Gasteiger partial charge in [-0.15, -0.1) is 20.4 Å². The van der Waals surface area contributed by atoms with Gasteiger partial charge in [-0.1, -0.05) is 0 Å². The molecule has 0 N–H and O–H groups in total. The number of rotatable bonds is 2. The molecule has 0 saturated heterocycles. The summed E-state index contributed by atoms with van der Waals surface area (Å²) < 4.78 is 0. The van der Waals surface area contributed by atoms with Crippen molar-refractivity contribution in [3.63, 3.8) is 0 Å². The quantitative estimate of drug-likeness (QED) is 0.716. The summed E-state index contributed by atoms with van der Waals surface area (Å²) in [5.41, 5.74) is 2.62. The molecular formula is C16H8N6. The Morgan fingerprint density at radius 1 is 0.545 bits per heavy atom. The van der Waals surface area contributed by atoms with E-state index in [1.165, 1.54) is 0 Å². The van der Waals surface area contributed by atoms with Crippen LogP contribution in [-0.2, 0) is 0 Å². The lowest BCUT2D eigenvalue weighted by atomic mass is 10.1. The standard InChI is InChI=1S/C16H8N6/c17-9-11-1-5-13(6-2-11)15-19-21-16(22-20-15)14-7-3-12(10-18)4-8-14/h1-8H. The Labute approximate surface area is 126 Å². The molecule has 0 aliphatic heterocycles. The van der Waals surface area contributed by atoms with Crippen molar-refractivity contribution in [2.24, 2.45) is 0 Å². The van der Waals surface area contributed by atoms with E-state index in [-0.39, 0.29) is 0 Å². The van der Waals surface area contributed by atoms with Gasteiger partial charge in [0.15, 0.2) is 0 Å². The third-order valence-corrected chi connectivity index (χ3v) is 3.02. The summed E-state index contributed by atoms with van der Waals surface area (Å²) in [4.78, 5) is 0. The van der Waals surface area contributed by atoms with Gasteiger partial charge in [-0.05, 0) is 48.5 Å². The molecule has 0 atom stereocenters. The lowest BCUT2D eigenvalue weighted by molar-refractivity contribution is 0.876. The normalized spacial score (nSPS) is 9.73. The lowest BCUT2D eigenvalue weighted by Gasteiger charge is -2.01. The Bertz CT molecular complexity index is 792. The van der Waals surface area contributed by atoms with E-state index in [0.29, 0.717) is 22.8 Å². The first-order chi connectivity index (χ1) is 10.8. The van der Waals surface area contributed by atoms with E-state index in [9.17, 15) is 0 Å².